The second-order valence-electron chi connectivity index (χ2n) is 18.8. The fourth-order valence-electron chi connectivity index (χ4n) is 8.01. The average Bonchev–Trinajstić information content (AvgIpc) is 3.97. The van der Waals surface area contributed by atoms with Crippen LogP contribution in [-0.2, 0) is 58.1 Å². The highest BCUT2D eigenvalue weighted by Crippen LogP contribution is 2.21. The molecule has 0 bridgehead atoms. The minimum absolute atomic E-state index is 0.0276. The monoisotopic (exact) mass is 911 g/mol. The number of ether oxygens (including phenoxy) is 2. The first-order valence-corrected chi connectivity index (χ1v) is 23.6. The van der Waals surface area contributed by atoms with Gasteiger partial charge in [-0.3, -0.25) is 14.5 Å². The Bertz CT molecular complexity index is 2110. The van der Waals surface area contributed by atoms with Crippen molar-refractivity contribution in [1.82, 2.24) is 49.3 Å². The standard InChI is InChI=1S/C30H45N5O5.C20H29N5O/c1-8-25-31-15-18-32(25)16-12-17-33(21-23-13-10-9-11-14-23)26(36)24-22-34(27(37)39-29(2,3)4)19-20-35(24)28(38)40-30(5,6)7;1-2-19-23-11-14-24(19)12-6-13-25(16-17-7-4-3-5-8-17)20(26)18-15-21-9-10-22-18/h9-11,13-15,18,24H,8,12,16-17,19-22H2,1-7H3;3-5,7-8,11,14,18,21-22H,2,6,9-10,12-13,15-16H2,1H3/t24-;18-/m11/s1. The zero-order valence-electron chi connectivity index (χ0n) is 40.6. The van der Waals surface area contributed by atoms with E-state index >= 15 is 0 Å². The van der Waals surface area contributed by atoms with Crippen LogP contribution in [0.3, 0.4) is 0 Å². The Balaban J connectivity index is 0.000000270. The Labute approximate surface area is 392 Å². The molecule has 2 N–H and O–H groups in total. The fraction of sp³-hybridized carbons (Fsp3) is 0.560. The van der Waals surface area contributed by atoms with Crippen molar-refractivity contribution in [2.24, 2.45) is 0 Å². The van der Waals surface area contributed by atoms with Crippen LogP contribution in [0, 0.1) is 0 Å². The second kappa shape index (κ2) is 24.7. The van der Waals surface area contributed by atoms with Gasteiger partial charge in [-0.15, -0.1) is 0 Å². The summed E-state index contributed by atoms with van der Waals surface area (Å²) in [6, 6.07) is 19.0. The van der Waals surface area contributed by atoms with Crippen molar-refractivity contribution in [1.29, 1.82) is 0 Å². The number of hydrogen-bond donors (Lipinski definition) is 2. The molecule has 0 aliphatic carbocycles. The van der Waals surface area contributed by atoms with E-state index in [-0.39, 0.29) is 37.5 Å². The van der Waals surface area contributed by atoms with Gasteiger partial charge in [-0.25, -0.2) is 19.6 Å². The molecule has 2 aromatic carbocycles. The number of aryl methyl sites for hydroxylation is 4. The van der Waals surface area contributed by atoms with Gasteiger partial charge in [0, 0.05) is 110 Å². The lowest BCUT2D eigenvalue weighted by molar-refractivity contribution is -0.140. The Morgan fingerprint density at radius 2 is 1.18 bits per heavy atom. The van der Waals surface area contributed by atoms with Crippen molar-refractivity contribution in [2.45, 2.75) is 131 Å². The number of nitrogens with one attached hydrogen (secondary N) is 2. The van der Waals surface area contributed by atoms with E-state index < -0.39 is 29.4 Å². The zero-order valence-corrected chi connectivity index (χ0v) is 40.6. The molecule has 16 nitrogen and oxygen atoms in total. The Morgan fingerprint density at radius 1 is 0.682 bits per heavy atom. The van der Waals surface area contributed by atoms with E-state index in [4.69, 9.17) is 9.47 Å². The third-order valence-electron chi connectivity index (χ3n) is 11.2. The predicted molar refractivity (Wildman–Crippen MR) is 255 cm³/mol. The summed E-state index contributed by atoms with van der Waals surface area (Å²) in [6.07, 6.45) is 9.92. The molecule has 4 aromatic rings. The number of carbonyl (C=O) groups is 4. The topological polar surface area (TPSA) is 159 Å². The Morgan fingerprint density at radius 3 is 1.65 bits per heavy atom. The van der Waals surface area contributed by atoms with Crippen LogP contribution in [0.4, 0.5) is 9.59 Å². The van der Waals surface area contributed by atoms with Crippen molar-refractivity contribution < 1.29 is 28.7 Å². The maximum absolute atomic E-state index is 14.2. The minimum atomic E-state index is -0.903. The number of rotatable bonds is 16. The van der Waals surface area contributed by atoms with Gasteiger partial charge in [0.25, 0.3) is 0 Å². The van der Waals surface area contributed by atoms with Gasteiger partial charge in [0.2, 0.25) is 11.8 Å². The third-order valence-corrected chi connectivity index (χ3v) is 11.2. The van der Waals surface area contributed by atoms with Crippen LogP contribution in [0.5, 0.6) is 0 Å². The van der Waals surface area contributed by atoms with Crippen molar-refractivity contribution in [3.05, 3.63) is 108 Å². The van der Waals surface area contributed by atoms with E-state index in [1.807, 2.05) is 72.0 Å². The fourth-order valence-corrected chi connectivity index (χ4v) is 8.01. The van der Waals surface area contributed by atoms with Crippen LogP contribution in [0.15, 0.2) is 85.5 Å². The van der Waals surface area contributed by atoms with Crippen molar-refractivity contribution in [3.8, 4) is 0 Å². The SMILES string of the molecule is CCc1nccn1CCCN(Cc1ccccc1)C(=O)[C@H]1CN(C(=O)OC(C)(C)C)CCN1C(=O)OC(C)(C)C.CCc1nccn1CCCN(Cc1ccccc1)C(=O)[C@H]1CNCCN1. The normalized spacial score (nSPS) is 16.5. The number of amides is 4. The quantitative estimate of drug-likeness (QED) is 0.134. The first-order valence-electron chi connectivity index (χ1n) is 23.6. The maximum atomic E-state index is 14.2. The van der Waals surface area contributed by atoms with Gasteiger partial charge >= 0.3 is 12.2 Å². The summed E-state index contributed by atoms with van der Waals surface area (Å²) in [6.45, 7) is 21.7. The molecule has 2 aromatic heterocycles. The van der Waals surface area contributed by atoms with Crippen molar-refractivity contribution in [2.75, 3.05) is 52.4 Å². The Kier molecular flexibility index (Phi) is 19.2. The highest BCUT2D eigenvalue weighted by molar-refractivity contribution is 5.87. The number of nitrogens with zero attached hydrogens (tertiary/aromatic N) is 8. The number of piperazine rings is 2. The van der Waals surface area contributed by atoms with Crippen LogP contribution < -0.4 is 10.6 Å². The van der Waals surface area contributed by atoms with E-state index in [0.717, 1.165) is 62.7 Å². The van der Waals surface area contributed by atoms with Gasteiger partial charge < -0.3 is 43.9 Å². The molecule has 2 aliphatic rings. The van der Waals surface area contributed by atoms with Crippen LogP contribution in [0.1, 0.15) is 91.0 Å². The maximum Gasteiger partial charge on any atom is 0.411 e. The molecule has 0 unspecified atom stereocenters. The first kappa shape index (κ1) is 51.2. The summed E-state index contributed by atoms with van der Waals surface area (Å²) < 4.78 is 15.5. The molecule has 2 saturated heterocycles. The van der Waals surface area contributed by atoms with Gasteiger partial charge in [0.05, 0.1) is 12.6 Å². The molecular weight excluding hydrogens is 837 g/mol. The molecule has 0 radical (unpaired) electrons. The number of hydrogen-bond acceptors (Lipinski definition) is 10. The smallest absolute Gasteiger partial charge is 0.411 e. The summed E-state index contributed by atoms with van der Waals surface area (Å²) in [4.78, 5) is 68.9. The molecule has 16 heteroatoms. The number of imidazole rings is 2. The van der Waals surface area contributed by atoms with E-state index in [1.54, 1.807) is 52.6 Å². The van der Waals surface area contributed by atoms with Crippen LogP contribution in [0.2, 0.25) is 0 Å². The van der Waals surface area contributed by atoms with Gasteiger partial charge in [0.1, 0.15) is 28.9 Å². The first-order chi connectivity index (χ1) is 31.5. The lowest BCUT2D eigenvalue weighted by Crippen LogP contribution is -2.62. The Hall–Kier alpha value is -5.74. The van der Waals surface area contributed by atoms with Crippen LogP contribution in [-0.4, -0.2) is 138 Å². The molecule has 0 spiro atoms. The third kappa shape index (κ3) is 16.0. The van der Waals surface area contributed by atoms with Gasteiger partial charge in [-0.2, -0.15) is 0 Å². The van der Waals surface area contributed by atoms with E-state index in [0.29, 0.717) is 39.1 Å². The molecule has 4 heterocycles. The molecule has 360 valence electrons. The summed E-state index contributed by atoms with van der Waals surface area (Å²) in [5, 5.41) is 6.64. The minimum Gasteiger partial charge on any atom is -0.444 e. The number of benzene rings is 2. The van der Waals surface area contributed by atoms with Gasteiger partial charge in [0.15, 0.2) is 0 Å². The van der Waals surface area contributed by atoms with Gasteiger partial charge in [-0.1, -0.05) is 74.5 Å². The molecule has 2 aliphatic heterocycles. The largest absolute Gasteiger partial charge is 0.444 e. The predicted octanol–water partition coefficient (Wildman–Crippen LogP) is 6.15. The van der Waals surface area contributed by atoms with Crippen LogP contribution in [0.25, 0.3) is 0 Å². The van der Waals surface area contributed by atoms with Crippen molar-refractivity contribution >= 4 is 24.0 Å². The molecule has 66 heavy (non-hydrogen) atoms. The second-order valence-corrected chi connectivity index (χ2v) is 18.8. The highest BCUT2D eigenvalue weighted by Gasteiger charge is 2.41. The molecule has 2 fully saturated rings. The molecule has 4 amide bonds. The van der Waals surface area contributed by atoms with Crippen LogP contribution >= 0.6 is 0 Å². The number of carbonyl (C=O) groups excluding carboxylic acids is 4. The van der Waals surface area contributed by atoms with Crippen molar-refractivity contribution in [3.63, 3.8) is 0 Å². The summed E-state index contributed by atoms with van der Waals surface area (Å²) in [7, 11) is 0. The molecule has 0 saturated carbocycles. The van der Waals surface area contributed by atoms with E-state index in [1.165, 1.54) is 15.4 Å². The zero-order chi connectivity index (χ0) is 47.7. The molecular formula is C50H74N10O6. The molecule has 6 rings (SSSR count). The summed E-state index contributed by atoms with van der Waals surface area (Å²) in [5.41, 5.74) is 0.749. The molecule has 2 atom stereocenters. The summed E-state index contributed by atoms with van der Waals surface area (Å²) >= 11 is 0. The summed E-state index contributed by atoms with van der Waals surface area (Å²) in [5.74, 6) is 2.05. The highest BCUT2D eigenvalue weighted by atomic mass is 16.6. The van der Waals surface area contributed by atoms with E-state index in [2.05, 4.69) is 55.7 Å². The van der Waals surface area contributed by atoms with Gasteiger partial charge in [-0.05, 0) is 65.5 Å². The number of aromatic nitrogens is 4. The lowest BCUT2D eigenvalue weighted by Gasteiger charge is -2.42. The average molecular weight is 911 g/mol. The lowest BCUT2D eigenvalue weighted by atomic mass is 10.1. The van der Waals surface area contributed by atoms with E-state index in [9.17, 15) is 19.2 Å².